The van der Waals surface area contributed by atoms with E-state index < -0.39 is 64.7 Å². The quantitative estimate of drug-likeness (QED) is 0.0443. The number of amides is 2. The Labute approximate surface area is 368 Å². The summed E-state index contributed by atoms with van der Waals surface area (Å²) in [4.78, 5) is 42.5. The SMILES string of the molecule is CCN1/C(=C/C=C/C=C/C=C/C2=[N+](CCCCCC(=O)ON3C(=O)CCC3=O)c3ccc(S(=O)(=O)O)cc3C2(C)CCOC)C(C)(CCCS(=O)(=O)O)c2cc(S(=O)(=O)O)ccc21. The van der Waals surface area contributed by atoms with Crippen molar-refractivity contribution in [2.75, 3.05) is 37.5 Å². The number of ether oxygens (including phenoxy) is 1. The van der Waals surface area contributed by atoms with E-state index in [1.807, 2.05) is 43.9 Å². The number of allylic oxidation sites excluding steroid dienone is 8. The number of benzene rings is 2. The Morgan fingerprint density at radius 3 is 2.03 bits per heavy atom. The van der Waals surface area contributed by atoms with Crippen LogP contribution in [-0.2, 0) is 65.1 Å². The van der Waals surface area contributed by atoms with E-state index in [1.54, 1.807) is 43.5 Å². The van der Waals surface area contributed by atoms with Gasteiger partial charge in [0.15, 0.2) is 5.71 Å². The van der Waals surface area contributed by atoms with Crippen LogP contribution in [0.3, 0.4) is 0 Å². The number of anilines is 1. The van der Waals surface area contributed by atoms with E-state index in [2.05, 4.69) is 4.58 Å². The van der Waals surface area contributed by atoms with Gasteiger partial charge >= 0.3 is 5.97 Å². The first-order valence-electron chi connectivity index (χ1n) is 20.4. The third-order valence-electron chi connectivity index (χ3n) is 11.6. The first kappa shape index (κ1) is 49.2. The lowest BCUT2D eigenvalue weighted by Crippen LogP contribution is -2.33. The van der Waals surface area contributed by atoms with Crippen LogP contribution in [0, 0.1) is 0 Å². The van der Waals surface area contributed by atoms with Crippen molar-refractivity contribution in [1.82, 2.24) is 5.06 Å². The van der Waals surface area contributed by atoms with Crippen LogP contribution < -0.4 is 4.90 Å². The maximum absolute atomic E-state index is 12.4. The smallest absolute Gasteiger partial charge is 0.333 e. The number of nitrogens with zero attached hydrogens (tertiary/aromatic N) is 3. The molecule has 63 heavy (non-hydrogen) atoms. The number of unbranched alkanes of at least 4 members (excludes halogenated alkanes) is 2. The average Bonchev–Trinajstić information content (AvgIpc) is 3.74. The molecule has 2 aromatic rings. The summed E-state index contributed by atoms with van der Waals surface area (Å²) < 4.78 is 109. The van der Waals surface area contributed by atoms with Gasteiger partial charge in [0.1, 0.15) is 6.54 Å². The van der Waals surface area contributed by atoms with Crippen molar-refractivity contribution >= 4 is 65.2 Å². The van der Waals surface area contributed by atoms with E-state index in [4.69, 9.17) is 9.57 Å². The molecule has 342 valence electrons. The molecule has 0 radical (unpaired) electrons. The minimum absolute atomic E-state index is 0.00172. The van der Waals surface area contributed by atoms with Crippen LogP contribution in [0.4, 0.5) is 11.4 Å². The Hall–Kier alpha value is -4.83. The molecule has 2 amide bonds. The normalized spacial score (nSPS) is 21.3. The van der Waals surface area contributed by atoms with Gasteiger partial charge in [0.25, 0.3) is 42.2 Å². The molecule has 0 saturated carbocycles. The minimum atomic E-state index is -4.53. The first-order valence-corrected chi connectivity index (χ1v) is 24.9. The van der Waals surface area contributed by atoms with Gasteiger partial charge in [-0.15, -0.1) is 5.06 Å². The van der Waals surface area contributed by atoms with Gasteiger partial charge in [-0.2, -0.15) is 29.8 Å². The number of hydroxylamine groups is 2. The molecule has 2 atom stereocenters. The van der Waals surface area contributed by atoms with Crippen molar-refractivity contribution < 1.29 is 67.4 Å². The molecular weight excluding hydrogens is 879 g/mol. The van der Waals surface area contributed by atoms with E-state index in [0.717, 1.165) is 17.1 Å². The van der Waals surface area contributed by atoms with E-state index in [1.165, 1.54) is 24.3 Å². The number of carbonyl (C=O) groups excluding carboxylic acids is 3. The van der Waals surface area contributed by atoms with Gasteiger partial charge in [0, 0.05) is 80.4 Å². The fourth-order valence-electron chi connectivity index (χ4n) is 8.41. The second-order valence-electron chi connectivity index (χ2n) is 15.9. The van der Waals surface area contributed by atoms with Crippen LogP contribution in [0.1, 0.15) is 89.7 Å². The molecule has 1 fully saturated rings. The molecule has 0 aromatic heterocycles. The van der Waals surface area contributed by atoms with Crippen molar-refractivity contribution in [3.05, 3.63) is 95.8 Å². The van der Waals surface area contributed by atoms with Crippen molar-refractivity contribution in [2.45, 2.75) is 99.2 Å². The summed E-state index contributed by atoms with van der Waals surface area (Å²) in [6, 6.07) is 8.77. The van der Waals surface area contributed by atoms with Crippen LogP contribution >= 0.6 is 0 Å². The molecule has 5 rings (SSSR count). The molecular formula is C43H54N3O14S3+. The number of carbonyl (C=O) groups is 3. The van der Waals surface area contributed by atoms with E-state index >= 15 is 0 Å². The number of fused-ring (bicyclic) bond motifs is 2. The largest absolute Gasteiger partial charge is 0.385 e. The molecule has 20 heteroatoms. The summed E-state index contributed by atoms with van der Waals surface area (Å²) in [5.74, 6) is -2.27. The molecule has 1 saturated heterocycles. The van der Waals surface area contributed by atoms with Gasteiger partial charge in [-0.3, -0.25) is 23.2 Å². The van der Waals surface area contributed by atoms with E-state index in [-0.39, 0.29) is 41.9 Å². The van der Waals surface area contributed by atoms with E-state index in [9.17, 15) is 53.3 Å². The number of imide groups is 1. The summed E-state index contributed by atoms with van der Waals surface area (Å²) >= 11 is 0. The molecule has 0 bridgehead atoms. The third kappa shape index (κ3) is 11.5. The summed E-state index contributed by atoms with van der Waals surface area (Å²) in [6.07, 6.45) is 15.1. The van der Waals surface area contributed by atoms with Gasteiger partial charge in [0.05, 0.1) is 21.0 Å². The maximum atomic E-state index is 12.4. The summed E-state index contributed by atoms with van der Waals surface area (Å²) in [7, 11) is -11.7. The molecule has 0 spiro atoms. The lowest BCUT2D eigenvalue weighted by atomic mass is 9.76. The van der Waals surface area contributed by atoms with E-state index in [0.29, 0.717) is 67.3 Å². The number of methoxy groups -OCH3 is 1. The Morgan fingerprint density at radius 2 is 1.41 bits per heavy atom. The zero-order chi connectivity index (χ0) is 46.4. The second kappa shape index (κ2) is 19.9. The van der Waals surface area contributed by atoms with Crippen molar-refractivity contribution in [2.24, 2.45) is 0 Å². The minimum Gasteiger partial charge on any atom is -0.385 e. The average molecular weight is 933 g/mol. The zero-order valence-corrected chi connectivity index (χ0v) is 38.0. The molecule has 3 heterocycles. The van der Waals surface area contributed by atoms with Gasteiger partial charge in [-0.25, -0.2) is 4.79 Å². The standard InChI is InChI=1S/C43H53N3O14S3/c1-5-44-35-20-18-31(62(53,54)55)29-33(35)42(2,24-14-28-61(50,51)52)37(44)15-10-7-6-8-11-16-38-43(3,25-27-59-4)34-30-32(63(56,57)58)19-21-36(34)45(38)26-13-9-12-17-41(49)60-46-39(47)22-23-40(46)48/h6-8,10-11,15-16,18-21,29-30H,5,9,12-14,17,22-28H2,1-4H3,(H2-,50,51,52,53,54,55,56,57,58)/p+1. The van der Waals surface area contributed by atoms with Gasteiger partial charge in [-0.05, 0) is 94.8 Å². The fourth-order valence-corrected chi connectivity index (χ4v) is 9.94. The number of likely N-dealkylation sites (N-methyl/N-ethyl adjacent to an activating group) is 1. The second-order valence-corrected chi connectivity index (χ2v) is 20.3. The van der Waals surface area contributed by atoms with Crippen LogP contribution in [-0.4, -0.2) is 105 Å². The topological polar surface area (TPSA) is 242 Å². The fraction of sp³-hybridized carbons (Fsp3) is 0.442. The number of hydrogen-bond donors (Lipinski definition) is 3. The highest BCUT2D eigenvalue weighted by atomic mass is 32.2. The van der Waals surface area contributed by atoms with Gasteiger partial charge in [-0.1, -0.05) is 30.4 Å². The van der Waals surface area contributed by atoms with Gasteiger partial charge in [0.2, 0.25) is 5.69 Å². The monoisotopic (exact) mass is 932 g/mol. The van der Waals surface area contributed by atoms with Crippen LogP contribution in [0.5, 0.6) is 0 Å². The summed E-state index contributed by atoms with van der Waals surface area (Å²) in [6.45, 7) is 7.04. The Bertz CT molecular complexity index is 2600. The highest BCUT2D eigenvalue weighted by molar-refractivity contribution is 7.86. The lowest BCUT2D eigenvalue weighted by molar-refractivity contribution is -0.438. The third-order valence-corrected chi connectivity index (χ3v) is 14.1. The number of rotatable bonds is 21. The molecule has 2 unspecified atom stereocenters. The van der Waals surface area contributed by atoms with Crippen LogP contribution in [0.2, 0.25) is 0 Å². The van der Waals surface area contributed by atoms with Crippen LogP contribution in [0.15, 0.2) is 94.4 Å². The Kier molecular flexibility index (Phi) is 15.5. The molecule has 17 nitrogen and oxygen atoms in total. The van der Waals surface area contributed by atoms with Gasteiger partial charge < -0.3 is 14.5 Å². The summed E-state index contributed by atoms with van der Waals surface area (Å²) in [5.41, 5.74) is 2.64. The zero-order valence-electron chi connectivity index (χ0n) is 35.6. The number of hydrogen-bond acceptors (Lipinski definition) is 12. The molecule has 3 N–H and O–H groups in total. The lowest BCUT2D eigenvalue weighted by Gasteiger charge is -2.30. The Balaban J connectivity index is 1.40. The molecule has 0 aliphatic carbocycles. The van der Waals surface area contributed by atoms with Crippen molar-refractivity contribution in [3.63, 3.8) is 0 Å². The highest BCUT2D eigenvalue weighted by Gasteiger charge is 2.48. The molecule has 3 aliphatic heterocycles. The predicted molar refractivity (Wildman–Crippen MR) is 233 cm³/mol. The van der Waals surface area contributed by atoms with Crippen molar-refractivity contribution in [3.8, 4) is 0 Å². The maximum Gasteiger partial charge on any atom is 0.333 e. The van der Waals surface area contributed by atoms with Crippen LogP contribution in [0.25, 0.3) is 0 Å². The first-order chi connectivity index (χ1) is 29.5. The predicted octanol–water partition coefficient (Wildman–Crippen LogP) is 5.76. The van der Waals surface area contributed by atoms with Crippen molar-refractivity contribution in [1.29, 1.82) is 0 Å². The molecule has 2 aromatic carbocycles. The molecule has 3 aliphatic rings. The summed E-state index contributed by atoms with van der Waals surface area (Å²) in [5, 5.41) is 0.525. The highest BCUT2D eigenvalue weighted by Crippen LogP contribution is 2.51. The Morgan fingerprint density at radius 1 is 0.794 bits per heavy atom.